The molecule has 1 aliphatic heterocycles. The smallest absolute Gasteiger partial charge is 0.263 e. The standard InChI is InChI=1S/C16H15ClN2O2S/c17-13-5-3-11(4-6-13)8-18-15(20)12-9-19(10-12)16(21)14-2-1-7-22-14/h1-7,12H,8-10H2,(H,18,20). The highest BCUT2D eigenvalue weighted by molar-refractivity contribution is 7.12. The number of carbonyl (C=O) groups excluding carboxylic acids is 2. The molecule has 4 nitrogen and oxygen atoms in total. The first-order valence-corrected chi connectivity index (χ1v) is 8.24. The van der Waals surface area contributed by atoms with E-state index in [1.165, 1.54) is 11.3 Å². The van der Waals surface area contributed by atoms with Crippen molar-refractivity contribution in [3.05, 3.63) is 57.2 Å². The normalized spacial score (nSPS) is 14.5. The molecule has 6 heteroatoms. The molecular formula is C16H15ClN2O2S. The molecule has 0 saturated carbocycles. The average molecular weight is 335 g/mol. The maximum absolute atomic E-state index is 12.1. The lowest BCUT2D eigenvalue weighted by Gasteiger charge is -2.37. The molecule has 0 atom stereocenters. The summed E-state index contributed by atoms with van der Waals surface area (Å²) in [6, 6.07) is 11.0. The highest BCUT2D eigenvalue weighted by atomic mass is 35.5. The van der Waals surface area contributed by atoms with Gasteiger partial charge in [-0.3, -0.25) is 9.59 Å². The molecule has 2 amide bonds. The first-order chi connectivity index (χ1) is 10.6. The van der Waals surface area contributed by atoms with E-state index >= 15 is 0 Å². The summed E-state index contributed by atoms with van der Waals surface area (Å²) in [7, 11) is 0. The number of halogens is 1. The number of benzene rings is 1. The minimum atomic E-state index is -0.115. The predicted molar refractivity (Wildman–Crippen MR) is 87.0 cm³/mol. The van der Waals surface area contributed by atoms with Crippen LogP contribution in [-0.4, -0.2) is 29.8 Å². The fourth-order valence-electron chi connectivity index (χ4n) is 2.30. The van der Waals surface area contributed by atoms with Gasteiger partial charge >= 0.3 is 0 Å². The lowest BCUT2D eigenvalue weighted by atomic mass is 9.98. The molecule has 0 aliphatic carbocycles. The van der Waals surface area contributed by atoms with E-state index in [4.69, 9.17) is 11.6 Å². The van der Waals surface area contributed by atoms with Gasteiger partial charge in [0.25, 0.3) is 5.91 Å². The Kier molecular flexibility index (Phi) is 4.45. The summed E-state index contributed by atoms with van der Waals surface area (Å²) in [5.41, 5.74) is 1.00. The maximum Gasteiger partial charge on any atom is 0.263 e. The van der Waals surface area contributed by atoms with Crippen LogP contribution in [0.15, 0.2) is 41.8 Å². The van der Waals surface area contributed by atoms with E-state index in [0.717, 1.165) is 10.4 Å². The fraction of sp³-hybridized carbons (Fsp3) is 0.250. The van der Waals surface area contributed by atoms with E-state index in [1.807, 2.05) is 23.6 Å². The third-order valence-corrected chi connectivity index (χ3v) is 4.76. The quantitative estimate of drug-likeness (QED) is 0.934. The molecule has 22 heavy (non-hydrogen) atoms. The summed E-state index contributed by atoms with van der Waals surface area (Å²) < 4.78 is 0. The number of hydrogen-bond acceptors (Lipinski definition) is 3. The first kappa shape index (κ1) is 15.1. The molecule has 1 aromatic heterocycles. The minimum absolute atomic E-state index is 0.00909. The van der Waals surface area contributed by atoms with E-state index in [9.17, 15) is 9.59 Å². The molecule has 1 aromatic carbocycles. The molecule has 1 fully saturated rings. The van der Waals surface area contributed by atoms with Crippen molar-refractivity contribution in [3.8, 4) is 0 Å². The highest BCUT2D eigenvalue weighted by Crippen LogP contribution is 2.21. The van der Waals surface area contributed by atoms with Crippen molar-refractivity contribution in [1.29, 1.82) is 0 Å². The van der Waals surface area contributed by atoms with E-state index in [0.29, 0.717) is 24.7 Å². The average Bonchev–Trinajstić information content (AvgIpc) is 2.99. The largest absolute Gasteiger partial charge is 0.352 e. The molecule has 114 valence electrons. The molecule has 0 unspecified atom stereocenters. The molecular weight excluding hydrogens is 320 g/mol. The summed E-state index contributed by atoms with van der Waals surface area (Å²) in [4.78, 5) is 26.5. The van der Waals surface area contributed by atoms with Gasteiger partial charge in [0.1, 0.15) is 0 Å². The zero-order chi connectivity index (χ0) is 15.5. The minimum Gasteiger partial charge on any atom is -0.352 e. The van der Waals surface area contributed by atoms with Gasteiger partial charge in [-0.2, -0.15) is 0 Å². The van der Waals surface area contributed by atoms with Gasteiger partial charge in [-0.25, -0.2) is 0 Å². The number of thiophene rings is 1. The highest BCUT2D eigenvalue weighted by Gasteiger charge is 2.36. The summed E-state index contributed by atoms with van der Waals surface area (Å²) in [5.74, 6) is -0.113. The second kappa shape index (κ2) is 6.50. The van der Waals surface area contributed by atoms with Gasteiger partial charge in [0.05, 0.1) is 10.8 Å². The Balaban J connectivity index is 1.45. The summed E-state index contributed by atoms with van der Waals surface area (Å²) >= 11 is 7.24. The van der Waals surface area contributed by atoms with Crippen molar-refractivity contribution in [2.75, 3.05) is 13.1 Å². The zero-order valence-electron chi connectivity index (χ0n) is 11.8. The van der Waals surface area contributed by atoms with Crippen molar-refractivity contribution < 1.29 is 9.59 Å². The number of carbonyl (C=O) groups is 2. The second-order valence-electron chi connectivity index (χ2n) is 5.23. The van der Waals surface area contributed by atoms with Crippen LogP contribution in [0, 0.1) is 5.92 Å². The number of likely N-dealkylation sites (tertiary alicyclic amines) is 1. The number of amides is 2. The van der Waals surface area contributed by atoms with Gasteiger partial charge in [0, 0.05) is 24.7 Å². The summed E-state index contributed by atoms with van der Waals surface area (Å²) in [6.45, 7) is 1.46. The van der Waals surface area contributed by atoms with Crippen LogP contribution in [0.2, 0.25) is 5.02 Å². The van der Waals surface area contributed by atoms with Crippen molar-refractivity contribution in [3.63, 3.8) is 0 Å². The number of nitrogens with zero attached hydrogens (tertiary/aromatic N) is 1. The maximum atomic E-state index is 12.1. The third-order valence-electron chi connectivity index (χ3n) is 3.65. The Morgan fingerprint density at radius 1 is 1.23 bits per heavy atom. The number of hydrogen-bond donors (Lipinski definition) is 1. The van der Waals surface area contributed by atoms with Crippen LogP contribution in [0.1, 0.15) is 15.2 Å². The Morgan fingerprint density at radius 2 is 1.95 bits per heavy atom. The number of nitrogens with one attached hydrogen (secondary N) is 1. The van der Waals surface area contributed by atoms with Gasteiger partial charge in [0.2, 0.25) is 5.91 Å². The zero-order valence-corrected chi connectivity index (χ0v) is 13.4. The van der Waals surface area contributed by atoms with Gasteiger partial charge in [-0.15, -0.1) is 11.3 Å². The molecule has 3 rings (SSSR count). The summed E-state index contributed by atoms with van der Waals surface area (Å²) in [6.07, 6.45) is 0. The Labute approximate surface area is 137 Å². The third kappa shape index (κ3) is 3.31. The first-order valence-electron chi connectivity index (χ1n) is 6.98. The van der Waals surface area contributed by atoms with E-state index < -0.39 is 0 Å². The lowest BCUT2D eigenvalue weighted by molar-refractivity contribution is -0.129. The van der Waals surface area contributed by atoms with Crippen molar-refractivity contribution >= 4 is 34.8 Å². The Morgan fingerprint density at radius 3 is 2.59 bits per heavy atom. The molecule has 1 N–H and O–H groups in total. The molecule has 2 aromatic rings. The van der Waals surface area contributed by atoms with Crippen LogP contribution in [-0.2, 0) is 11.3 Å². The van der Waals surface area contributed by atoms with Gasteiger partial charge < -0.3 is 10.2 Å². The number of rotatable bonds is 4. The van der Waals surface area contributed by atoms with Crippen molar-refractivity contribution in [1.82, 2.24) is 10.2 Å². The Hall–Kier alpha value is -1.85. The van der Waals surface area contributed by atoms with Crippen LogP contribution < -0.4 is 5.32 Å². The van der Waals surface area contributed by atoms with E-state index in [1.54, 1.807) is 23.1 Å². The van der Waals surface area contributed by atoms with Crippen LogP contribution in [0.4, 0.5) is 0 Å². The Bertz CT molecular complexity index is 664. The molecule has 0 spiro atoms. The molecule has 1 saturated heterocycles. The van der Waals surface area contributed by atoms with Crippen LogP contribution >= 0.6 is 22.9 Å². The van der Waals surface area contributed by atoms with Gasteiger partial charge in [-0.1, -0.05) is 29.8 Å². The predicted octanol–water partition coefficient (Wildman–Crippen LogP) is 2.79. The van der Waals surface area contributed by atoms with Crippen molar-refractivity contribution in [2.24, 2.45) is 5.92 Å². The van der Waals surface area contributed by atoms with Gasteiger partial charge in [0.15, 0.2) is 0 Å². The monoisotopic (exact) mass is 334 g/mol. The van der Waals surface area contributed by atoms with E-state index in [-0.39, 0.29) is 17.7 Å². The lowest BCUT2D eigenvalue weighted by Crippen LogP contribution is -2.55. The van der Waals surface area contributed by atoms with Crippen LogP contribution in [0.5, 0.6) is 0 Å². The second-order valence-corrected chi connectivity index (χ2v) is 6.61. The summed E-state index contributed by atoms with van der Waals surface area (Å²) in [5, 5.41) is 5.45. The van der Waals surface area contributed by atoms with E-state index in [2.05, 4.69) is 5.32 Å². The fourth-order valence-corrected chi connectivity index (χ4v) is 3.12. The van der Waals surface area contributed by atoms with Crippen LogP contribution in [0.3, 0.4) is 0 Å². The topological polar surface area (TPSA) is 49.4 Å². The molecule has 0 radical (unpaired) electrons. The SMILES string of the molecule is O=C(NCc1ccc(Cl)cc1)C1CN(C(=O)c2cccs2)C1. The van der Waals surface area contributed by atoms with Crippen molar-refractivity contribution in [2.45, 2.75) is 6.54 Å². The van der Waals surface area contributed by atoms with Crippen LogP contribution in [0.25, 0.3) is 0 Å². The molecule has 2 heterocycles. The van der Waals surface area contributed by atoms with Gasteiger partial charge in [-0.05, 0) is 29.1 Å². The molecule has 0 bridgehead atoms. The molecule has 1 aliphatic rings.